The lowest BCUT2D eigenvalue weighted by Gasteiger charge is -2.25. The number of fused-ring (bicyclic) bond motifs is 1. The van der Waals surface area contributed by atoms with E-state index >= 15 is 0 Å². The van der Waals surface area contributed by atoms with Gasteiger partial charge in [-0.2, -0.15) is 0 Å². The van der Waals surface area contributed by atoms with Crippen molar-refractivity contribution in [1.82, 2.24) is 4.57 Å². The molecule has 244 valence electrons. The molecule has 0 saturated carbocycles. The summed E-state index contributed by atoms with van der Waals surface area (Å²) in [4.78, 5) is 44.4. The molecule has 0 radical (unpaired) electrons. The molecule has 1 aliphatic rings. The first-order chi connectivity index (χ1) is 22.7. The number of nitrogens with zero attached hydrogens (tertiary/aromatic N) is 2. The van der Waals surface area contributed by atoms with Crippen molar-refractivity contribution < 1.29 is 33.3 Å². The van der Waals surface area contributed by atoms with E-state index in [1.807, 2.05) is 55.5 Å². The highest BCUT2D eigenvalue weighted by atomic mass is 79.9. The van der Waals surface area contributed by atoms with Gasteiger partial charge in [0.15, 0.2) is 22.9 Å². The van der Waals surface area contributed by atoms with Crippen molar-refractivity contribution in [3.63, 3.8) is 0 Å². The van der Waals surface area contributed by atoms with Crippen LogP contribution >= 0.6 is 27.3 Å². The predicted molar refractivity (Wildman–Crippen MR) is 180 cm³/mol. The molecule has 0 fully saturated rings. The standard InChI is InChI=1S/C35H33BrN2O8S/c1-5-43-28-17-24(13-16-27(28)46-20-30(39)42-4)32-31(34(41)44-6-2)21(3)37-35-38(32)33(40)29(47-35)18-23-9-7-8-10-26(23)45-19-22-11-14-25(36)15-12-22/h7-18,32H,5-6,19-20H2,1-4H3/b29-18-/t32-/m1/s1. The van der Waals surface area contributed by atoms with Gasteiger partial charge in [0.25, 0.3) is 5.56 Å². The number of aromatic nitrogens is 1. The van der Waals surface area contributed by atoms with Crippen LogP contribution in [0.4, 0.5) is 0 Å². The van der Waals surface area contributed by atoms with Crippen LogP contribution in [0.25, 0.3) is 6.08 Å². The number of methoxy groups -OCH3 is 1. The molecule has 1 aliphatic heterocycles. The van der Waals surface area contributed by atoms with E-state index in [1.165, 1.54) is 23.0 Å². The van der Waals surface area contributed by atoms with E-state index in [4.69, 9.17) is 18.9 Å². The first-order valence-electron chi connectivity index (χ1n) is 14.9. The van der Waals surface area contributed by atoms with Gasteiger partial charge >= 0.3 is 11.9 Å². The Morgan fingerprint density at radius 2 is 1.72 bits per heavy atom. The molecule has 0 amide bonds. The summed E-state index contributed by atoms with van der Waals surface area (Å²) >= 11 is 4.67. The average Bonchev–Trinajstić information content (AvgIpc) is 3.37. The number of benzene rings is 3. The van der Waals surface area contributed by atoms with Crippen molar-refractivity contribution in [2.75, 3.05) is 26.9 Å². The van der Waals surface area contributed by atoms with Crippen molar-refractivity contribution in [3.8, 4) is 17.2 Å². The Morgan fingerprint density at radius 3 is 2.45 bits per heavy atom. The lowest BCUT2D eigenvalue weighted by atomic mass is 9.95. The molecule has 1 aromatic heterocycles. The number of thiazole rings is 1. The first kappa shape index (κ1) is 33.7. The third kappa shape index (κ3) is 7.66. The zero-order valence-electron chi connectivity index (χ0n) is 26.3. The summed E-state index contributed by atoms with van der Waals surface area (Å²) in [6.07, 6.45) is 1.77. The summed E-state index contributed by atoms with van der Waals surface area (Å²) < 4.78 is 30.6. The predicted octanol–water partition coefficient (Wildman–Crippen LogP) is 5.09. The second-order valence-corrected chi connectivity index (χ2v) is 12.2. The van der Waals surface area contributed by atoms with Crippen LogP contribution in [0.3, 0.4) is 0 Å². The van der Waals surface area contributed by atoms with Crippen molar-refractivity contribution >= 4 is 45.3 Å². The molecule has 47 heavy (non-hydrogen) atoms. The van der Waals surface area contributed by atoms with Crippen LogP contribution in [0.5, 0.6) is 17.2 Å². The highest BCUT2D eigenvalue weighted by Crippen LogP contribution is 2.36. The van der Waals surface area contributed by atoms with Crippen LogP contribution in [0.15, 0.2) is 92.3 Å². The Bertz CT molecular complexity index is 2000. The van der Waals surface area contributed by atoms with Crippen molar-refractivity contribution in [1.29, 1.82) is 0 Å². The van der Waals surface area contributed by atoms with Crippen LogP contribution in [-0.2, 0) is 25.7 Å². The van der Waals surface area contributed by atoms with Crippen LogP contribution in [-0.4, -0.2) is 43.4 Å². The fraction of sp³-hybridized carbons (Fsp3) is 0.257. The summed E-state index contributed by atoms with van der Waals surface area (Å²) in [6.45, 7) is 5.75. The number of ether oxygens (including phenoxy) is 5. The van der Waals surface area contributed by atoms with E-state index in [-0.39, 0.29) is 24.3 Å². The summed E-state index contributed by atoms with van der Waals surface area (Å²) in [6, 6.07) is 19.5. The van der Waals surface area contributed by atoms with Gasteiger partial charge in [-0.15, -0.1) is 0 Å². The van der Waals surface area contributed by atoms with Crippen LogP contribution in [0.2, 0.25) is 0 Å². The molecule has 0 unspecified atom stereocenters. The molecule has 0 spiro atoms. The van der Waals surface area contributed by atoms with Gasteiger partial charge in [0, 0.05) is 10.0 Å². The molecule has 12 heteroatoms. The number of hydrogen-bond acceptors (Lipinski definition) is 10. The van der Waals surface area contributed by atoms with Gasteiger partial charge in [-0.05, 0) is 68.3 Å². The van der Waals surface area contributed by atoms with Gasteiger partial charge in [-0.25, -0.2) is 14.6 Å². The maximum atomic E-state index is 14.2. The quantitative estimate of drug-likeness (QED) is 0.186. The van der Waals surface area contributed by atoms with Gasteiger partial charge < -0.3 is 23.7 Å². The normalized spacial score (nSPS) is 14.2. The number of carbonyl (C=O) groups is 2. The molecule has 10 nitrogen and oxygen atoms in total. The smallest absolute Gasteiger partial charge is 0.343 e. The Kier molecular flexibility index (Phi) is 10.9. The molecule has 1 atom stereocenters. The molecular weight excluding hydrogens is 688 g/mol. The molecule has 3 aromatic carbocycles. The number of hydrogen-bond donors (Lipinski definition) is 0. The largest absolute Gasteiger partial charge is 0.490 e. The Morgan fingerprint density at radius 1 is 0.957 bits per heavy atom. The number of rotatable bonds is 12. The van der Waals surface area contributed by atoms with Gasteiger partial charge in [0.1, 0.15) is 12.4 Å². The Hall–Kier alpha value is -4.68. The van der Waals surface area contributed by atoms with Crippen molar-refractivity contribution in [2.45, 2.75) is 33.4 Å². The third-order valence-electron chi connectivity index (χ3n) is 7.19. The zero-order valence-corrected chi connectivity index (χ0v) is 28.7. The van der Waals surface area contributed by atoms with Gasteiger partial charge in [-0.3, -0.25) is 9.36 Å². The second-order valence-electron chi connectivity index (χ2n) is 10.3. The number of esters is 2. The van der Waals surface area contributed by atoms with Crippen molar-refractivity contribution in [2.24, 2.45) is 4.99 Å². The van der Waals surface area contributed by atoms with Gasteiger partial charge in [0.2, 0.25) is 0 Å². The summed E-state index contributed by atoms with van der Waals surface area (Å²) in [5.41, 5.74) is 2.62. The molecule has 4 aromatic rings. The van der Waals surface area contributed by atoms with Crippen molar-refractivity contribution in [3.05, 3.63) is 119 Å². The number of allylic oxidation sites excluding steroid dienone is 1. The lowest BCUT2D eigenvalue weighted by Crippen LogP contribution is -2.40. The number of para-hydroxylation sites is 1. The number of halogens is 1. The zero-order chi connectivity index (χ0) is 33.5. The second kappa shape index (κ2) is 15.3. The SMILES string of the molecule is CCOC(=O)C1=C(C)N=c2s/c(=C\c3ccccc3OCc3ccc(Br)cc3)c(=O)n2[C@@H]1c1ccc(OCC(=O)OC)c(OCC)c1. The summed E-state index contributed by atoms with van der Waals surface area (Å²) in [7, 11) is 1.27. The Labute approximate surface area is 283 Å². The molecule has 0 bridgehead atoms. The van der Waals surface area contributed by atoms with Gasteiger partial charge in [-0.1, -0.05) is 63.7 Å². The monoisotopic (exact) mass is 720 g/mol. The highest BCUT2D eigenvalue weighted by molar-refractivity contribution is 9.10. The summed E-state index contributed by atoms with van der Waals surface area (Å²) in [5, 5.41) is 0. The average molecular weight is 722 g/mol. The highest BCUT2D eigenvalue weighted by Gasteiger charge is 2.34. The van der Waals surface area contributed by atoms with E-state index in [2.05, 4.69) is 25.7 Å². The summed E-state index contributed by atoms with van der Waals surface area (Å²) in [5.74, 6) is 0.137. The van der Waals surface area contributed by atoms with E-state index in [0.717, 1.165) is 15.6 Å². The van der Waals surface area contributed by atoms with E-state index in [0.29, 0.717) is 51.1 Å². The van der Waals surface area contributed by atoms with Gasteiger partial charge in [0.05, 0.1) is 42.2 Å². The maximum absolute atomic E-state index is 14.2. The molecule has 5 rings (SSSR count). The molecule has 0 N–H and O–H groups in total. The minimum absolute atomic E-state index is 0.147. The Balaban J connectivity index is 1.59. The molecule has 0 aliphatic carbocycles. The fourth-order valence-corrected chi connectivity index (χ4v) is 6.30. The molecule has 2 heterocycles. The lowest BCUT2D eigenvalue weighted by molar-refractivity contribution is -0.143. The number of carbonyl (C=O) groups excluding carboxylic acids is 2. The van der Waals surface area contributed by atoms with E-state index in [9.17, 15) is 14.4 Å². The van der Waals surface area contributed by atoms with E-state index < -0.39 is 18.0 Å². The minimum atomic E-state index is -0.870. The molecule has 0 saturated heterocycles. The first-order valence-corrected chi connectivity index (χ1v) is 16.5. The topological polar surface area (TPSA) is 115 Å². The van der Waals surface area contributed by atoms with E-state index in [1.54, 1.807) is 38.1 Å². The van der Waals surface area contributed by atoms with Crippen LogP contribution in [0.1, 0.15) is 43.5 Å². The third-order valence-corrected chi connectivity index (χ3v) is 8.70. The maximum Gasteiger partial charge on any atom is 0.343 e. The fourth-order valence-electron chi connectivity index (χ4n) is 5.00. The van der Waals surface area contributed by atoms with Crippen LogP contribution in [0, 0.1) is 0 Å². The molecular formula is C35H33BrN2O8S. The van der Waals surface area contributed by atoms with Crippen LogP contribution < -0.4 is 29.1 Å². The minimum Gasteiger partial charge on any atom is -0.490 e.